The number of aliphatic hydroxyl groups is 1. The Morgan fingerprint density at radius 2 is 1.62 bits per heavy atom. The maximum Gasteiger partial charge on any atom is 0.490 e. The molecule has 1 amide bonds. The van der Waals surface area contributed by atoms with E-state index in [1.165, 1.54) is 0 Å². The van der Waals surface area contributed by atoms with Gasteiger partial charge < -0.3 is 15.9 Å². The summed E-state index contributed by atoms with van der Waals surface area (Å²) in [6.45, 7) is -0.144. The first kappa shape index (κ1) is 14.2. The summed E-state index contributed by atoms with van der Waals surface area (Å²) >= 11 is 0. The number of carbonyl (C=O) groups is 2. The number of hydrogen-bond donors (Lipinski definition) is 3. The van der Waals surface area contributed by atoms with Crippen molar-refractivity contribution < 1.29 is 33.0 Å². The van der Waals surface area contributed by atoms with Crippen molar-refractivity contribution in [2.45, 2.75) is 12.6 Å². The lowest BCUT2D eigenvalue weighted by Gasteiger charge is -1.93. The van der Waals surface area contributed by atoms with Crippen LogP contribution >= 0.6 is 0 Å². The molecule has 0 aliphatic rings. The van der Waals surface area contributed by atoms with E-state index in [-0.39, 0.29) is 13.0 Å². The van der Waals surface area contributed by atoms with Gasteiger partial charge >= 0.3 is 12.1 Å². The number of amides is 1. The molecule has 0 saturated heterocycles. The normalized spacial score (nSPS) is 9.85. The molecule has 4 N–H and O–H groups in total. The van der Waals surface area contributed by atoms with Crippen molar-refractivity contribution in [1.82, 2.24) is 0 Å². The monoisotopic (exact) mass is 203 g/mol. The molecule has 0 heterocycles. The molecule has 0 aliphatic heterocycles. The van der Waals surface area contributed by atoms with Crippen LogP contribution in [0.5, 0.6) is 0 Å². The number of carboxylic acids is 1. The van der Waals surface area contributed by atoms with E-state index in [1.807, 2.05) is 0 Å². The van der Waals surface area contributed by atoms with Crippen LogP contribution in [0.3, 0.4) is 0 Å². The van der Waals surface area contributed by atoms with Gasteiger partial charge in [-0.3, -0.25) is 4.79 Å². The van der Waals surface area contributed by atoms with Gasteiger partial charge in [-0.2, -0.15) is 13.2 Å². The number of halogens is 3. The van der Waals surface area contributed by atoms with E-state index in [2.05, 4.69) is 5.73 Å². The Labute approximate surface area is 71.0 Å². The number of primary amides is 1. The van der Waals surface area contributed by atoms with Crippen molar-refractivity contribution in [1.29, 1.82) is 0 Å². The van der Waals surface area contributed by atoms with Crippen LogP contribution in [-0.2, 0) is 9.59 Å². The van der Waals surface area contributed by atoms with Gasteiger partial charge in [-0.1, -0.05) is 0 Å². The average Bonchev–Trinajstić information content (AvgIpc) is 1.85. The molecule has 0 bridgehead atoms. The SMILES string of the molecule is NC(=O)CCO.O=C(O)C(F)(F)F. The highest BCUT2D eigenvalue weighted by Crippen LogP contribution is 2.13. The van der Waals surface area contributed by atoms with Crippen molar-refractivity contribution in [3.63, 3.8) is 0 Å². The van der Waals surface area contributed by atoms with E-state index >= 15 is 0 Å². The third kappa shape index (κ3) is 13.7. The summed E-state index contributed by atoms with van der Waals surface area (Å²) in [6, 6.07) is 0. The van der Waals surface area contributed by atoms with E-state index in [0.717, 1.165) is 0 Å². The molecule has 0 spiro atoms. The molecule has 0 aromatic heterocycles. The number of alkyl halides is 3. The van der Waals surface area contributed by atoms with E-state index in [4.69, 9.17) is 15.0 Å². The topological polar surface area (TPSA) is 101 Å². The summed E-state index contributed by atoms with van der Waals surface area (Å²) in [6.07, 6.45) is -5.01. The Balaban J connectivity index is 0. The standard InChI is InChI=1S/C3H7NO2.C2HF3O2/c4-3(6)1-2-5;3-2(4,5)1(6)7/h5H,1-2H2,(H2,4,6);(H,6,7). The third-order valence-corrected chi connectivity index (χ3v) is 0.601. The average molecular weight is 203 g/mol. The third-order valence-electron chi connectivity index (χ3n) is 0.601. The molecule has 0 unspecified atom stereocenters. The van der Waals surface area contributed by atoms with Gasteiger partial charge in [0.1, 0.15) is 0 Å². The number of aliphatic carboxylic acids is 1. The lowest BCUT2D eigenvalue weighted by molar-refractivity contribution is -0.192. The van der Waals surface area contributed by atoms with Crippen LogP contribution in [0.25, 0.3) is 0 Å². The van der Waals surface area contributed by atoms with Gasteiger partial charge in [-0.05, 0) is 0 Å². The second kappa shape index (κ2) is 6.23. The number of carbonyl (C=O) groups excluding carboxylic acids is 1. The molecule has 78 valence electrons. The van der Waals surface area contributed by atoms with E-state index in [9.17, 15) is 18.0 Å². The van der Waals surface area contributed by atoms with Crippen molar-refractivity contribution >= 4 is 11.9 Å². The van der Waals surface area contributed by atoms with Crippen molar-refractivity contribution in [3.8, 4) is 0 Å². The molecule has 0 aromatic carbocycles. The van der Waals surface area contributed by atoms with Gasteiger partial charge in [0.2, 0.25) is 5.91 Å². The highest BCUT2D eigenvalue weighted by atomic mass is 19.4. The number of carboxylic acid groups (broad SMARTS) is 1. The molecule has 0 radical (unpaired) electrons. The summed E-state index contributed by atoms with van der Waals surface area (Å²) in [5.41, 5.74) is 4.60. The number of rotatable bonds is 2. The zero-order valence-electron chi connectivity index (χ0n) is 6.34. The summed E-state index contributed by atoms with van der Waals surface area (Å²) in [7, 11) is 0. The Bertz CT molecular complexity index is 179. The van der Waals surface area contributed by atoms with Crippen LogP contribution in [0.4, 0.5) is 13.2 Å². The molecule has 0 aliphatic carbocycles. The van der Waals surface area contributed by atoms with Crippen LogP contribution in [0, 0.1) is 0 Å². The van der Waals surface area contributed by atoms with E-state index in [0.29, 0.717) is 0 Å². The molecule has 0 fully saturated rings. The summed E-state index contributed by atoms with van der Waals surface area (Å²) in [4.78, 5) is 18.6. The lowest BCUT2D eigenvalue weighted by atomic mass is 10.4. The summed E-state index contributed by atoms with van der Waals surface area (Å²) < 4.78 is 31.7. The van der Waals surface area contributed by atoms with Crippen molar-refractivity contribution in [2.24, 2.45) is 5.73 Å². The van der Waals surface area contributed by atoms with Crippen LogP contribution in [0.1, 0.15) is 6.42 Å². The van der Waals surface area contributed by atoms with Gasteiger partial charge in [0.25, 0.3) is 0 Å². The largest absolute Gasteiger partial charge is 0.490 e. The summed E-state index contributed by atoms with van der Waals surface area (Å²) in [5.74, 6) is -3.22. The molecule has 13 heavy (non-hydrogen) atoms. The molecule has 0 atom stereocenters. The van der Waals surface area contributed by atoms with Gasteiger partial charge in [0, 0.05) is 6.42 Å². The first-order chi connectivity index (χ1) is 5.71. The van der Waals surface area contributed by atoms with E-state index < -0.39 is 18.1 Å². The minimum absolute atomic E-state index is 0.0694. The fraction of sp³-hybridized carbons (Fsp3) is 0.600. The predicted octanol–water partition coefficient (Wildman–Crippen LogP) is -0.513. The molecule has 0 rings (SSSR count). The van der Waals surface area contributed by atoms with Crippen LogP contribution in [0.2, 0.25) is 0 Å². The first-order valence-electron chi connectivity index (χ1n) is 2.91. The minimum atomic E-state index is -5.08. The highest BCUT2D eigenvalue weighted by Gasteiger charge is 2.38. The molecule has 0 saturated carbocycles. The maximum absolute atomic E-state index is 10.6. The maximum atomic E-state index is 10.6. The van der Waals surface area contributed by atoms with Crippen molar-refractivity contribution in [2.75, 3.05) is 6.61 Å². The smallest absolute Gasteiger partial charge is 0.475 e. The predicted molar refractivity (Wildman–Crippen MR) is 34.6 cm³/mol. The fourth-order valence-electron chi connectivity index (χ4n) is 0.110. The van der Waals surface area contributed by atoms with Gasteiger partial charge in [0.15, 0.2) is 0 Å². The summed E-state index contributed by atoms with van der Waals surface area (Å²) in [5, 5.41) is 15.1. The fourth-order valence-corrected chi connectivity index (χ4v) is 0.110. The Morgan fingerprint density at radius 1 is 1.31 bits per heavy atom. The lowest BCUT2D eigenvalue weighted by Crippen LogP contribution is -2.21. The second-order valence-corrected chi connectivity index (χ2v) is 1.74. The molecular weight excluding hydrogens is 195 g/mol. The number of hydrogen-bond acceptors (Lipinski definition) is 3. The van der Waals surface area contributed by atoms with Crippen LogP contribution in [0.15, 0.2) is 0 Å². The van der Waals surface area contributed by atoms with Crippen molar-refractivity contribution in [3.05, 3.63) is 0 Å². The quantitative estimate of drug-likeness (QED) is 0.562. The Kier molecular flexibility index (Phi) is 6.82. The van der Waals surface area contributed by atoms with Crippen LogP contribution < -0.4 is 5.73 Å². The number of nitrogens with two attached hydrogens (primary N) is 1. The van der Waals surface area contributed by atoms with E-state index in [1.54, 1.807) is 0 Å². The zero-order chi connectivity index (χ0) is 11.1. The van der Waals surface area contributed by atoms with Gasteiger partial charge in [0.05, 0.1) is 6.61 Å². The highest BCUT2D eigenvalue weighted by molar-refractivity contribution is 5.73. The second-order valence-electron chi connectivity index (χ2n) is 1.74. The van der Waals surface area contributed by atoms with Gasteiger partial charge in [-0.25, -0.2) is 4.79 Å². The van der Waals surface area contributed by atoms with Gasteiger partial charge in [-0.15, -0.1) is 0 Å². The molecule has 0 aromatic rings. The molecule has 5 nitrogen and oxygen atoms in total. The zero-order valence-corrected chi connectivity index (χ0v) is 6.34. The molecule has 8 heteroatoms. The molecular formula is C5H8F3NO4. The Morgan fingerprint density at radius 3 is 1.62 bits per heavy atom. The first-order valence-corrected chi connectivity index (χ1v) is 2.91. The number of aliphatic hydroxyl groups excluding tert-OH is 1. The Hall–Kier alpha value is -1.31. The minimum Gasteiger partial charge on any atom is -0.475 e. The van der Waals surface area contributed by atoms with Crippen LogP contribution in [-0.4, -0.2) is 34.9 Å².